The number of carboxylic acids is 1. The molecule has 8 rings (SSSR count). The number of hydrogen-bond donors (Lipinski definition) is 1. The van der Waals surface area contributed by atoms with Gasteiger partial charge in [0, 0.05) is 92.9 Å². The predicted octanol–water partition coefficient (Wildman–Crippen LogP) is 6.18. The summed E-state index contributed by atoms with van der Waals surface area (Å²) in [7, 11) is 3.95. The number of anilines is 3. The highest BCUT2D eigenvalue weighted by molar-refractivity contribution is 5.86. The van der Waals surface area contributed by atoms with E-state index in [2.05, 4.69) is 41.5 Å². The number of aromatic carboxylic acids is 1. The highest BCUT2D eigenvalue weighted by atomic mass is 19.3. The molecule has 1 saturated carbocycles. The van der Waals surface area contributed by atoms with Crippen LogP contribution >= 0.6 is 0 Å². The number of aromatic nitrogens is 6. The third-order valence-corrected chi connectivity index (χ3v) is 11.5. The lowest BCUT2D eigenvalue weighted by atomic mass is 9.67. The lowest BCUT2D eigenvalue weighted by molar-refractivity contribution is 0.0696. The molecular formula is C36H43F2N9O2. The molecule has 2 fully saturated rings. The fourth-order valence-corrected chi connectivity index (χ4v) is 8.68. The minimum absolute atomic E-state index is 0.0385. The molecule has 3 aromatic heterocycles. The maximum Gasteiger partial charge on any atom is 0.338 e. The highest BCUT2D eigenvalue weighted by Crippen LogP contribution is 2.49. The van der Waals surface area contributed by atoms with Crippen molar-refractivity contribution in [2.45, 2.75) is 76.8 Å². The topological polar surface area (TPSA) is 108 Å². The number of halogens is 2. The molecule has 258 valence electrons. The van der Waals surface area contributed by atoms with Crippen molar-refractivity contribution in [3.63, 3.8) is 0 Å². The van der Waals surface area contributed by atoms with Gasteiger partial charge in [-0.1, -0.05) is 0 Å². The molecule has 6 heterocycles. The highest BCUT2D eigenvalue weighted by Gasteiger charge is 2.41. The largest absolute Gasteiger partial charge is 0.478 e. The molecule has 11 nitrogen and oxygen atoms in total. The number of nitrogens with zero attached hydrogens (tertiary/aromatic N) is 9. The Balaban J connectivity index is 1.04. The Kier molecular flexibility index (Phi) is 8.12. The summed E-state index contributed by atoms with van der Waals surface area (Å²) in [5, 5.41) is 18.8. The van der Waals surface area contributed by atoms with Crippen molar-refractivity contribution in [1.82, 2.24) is 34.4 Å². The Labute approximate surface area is 284 Å². The number of carboxylic acid groups (broad SMARTS) is 1. The maximum absolute atomic E-state index is 14.6. The van der Waals surface area contributed by atoms with Crippen molar-refractivity contribution in [2.24, 2.45) is 12.5 Å². The number of likely N-dealkylation sites (N-methyl/N-ethyl adjacent to an activating group) is 1. The van der Waals surface area contributed by atoms with Crippen LogP contribution in [-0.2, 0) is 26.4 Å². The summed E-state index contributed by atoms with van der Waals surface area (Å²) in [5.74, 6) is 0.511. The fraction of sp³-hybridized carbons (Fsp3) is 0.528. The number of benzene rings is 1. The predicted molar refractivity (Wildman–Crippen MR) is 182 cm³/mol. The standard InChI is InChI=1S/C36H43F2N9O2/c1-43-13-7-30-29(22-43)33(46-12-3-4-23-16-27(25-20-41-44(2)21-25)28(32(37)38)17-31(23)46)42-47(30)26-5-8-36(9-6-26)10-14-45(15-11-36)35-39-18-24(19-40-35)34(48)49/h16-21,26,32H,3-15,22H2,1-2H3,(H,48,49). The first-order valence-corrected chi connectivity index (χ1v) is 17.5. The van der Waals surface area contributed by atoms with Crippen LogP contribution in [0, 0.1) is 5.41 Å². The SMILES string of the molecule is CN1CCc2c(c(N3CCCc4cc(-c5cnn(C)c5)c(C(F)F)cc43)nn2C2CCC3(CC2)CCN(c2ncc(C(=O)O)cn2)CC3)C1. The van der Waals surface area contributed by atoms with Crippen LogP contribution in [0.5, 0.6) is 0 Å². The number of hydrogen-bond acceptors (Lipinski definition) is 8. The first kappa shape index (κ1) is 31.9. The molecule has 1 aromatic carbocycles. The zero-order valence-electron chi connectivity index (χ0n) is 28.2. The van der Waals surface area contributed by atoms with E-state index in [4.69, 9.17) is 5.10 Å². The van der Waals surface area contributed by atoms with Crippen LogP contribution in [-0.4, -0.2) is 78.7 Å². The second-order valence-corrected chi connectivity index (χ2v) is 14.5. The second kappa shape index (κ2) is 12.5. The van der Waals surface area contributed by atoms with E-state index in [9.17, 15) is 18.7 Å². The third-order valence-electron chi connectivity index (χ3n) is 11.5. The third kappa shape index (κ3) is 5.85. The number of aryl methyl sites for hydroxylation is 2. The van der Waals surface area contributed by atoms with Gasteiger partial charge in [0.05, 0.1) is 17.8 Å². The van der Waals surface area contributed by atoms with Gasteiger partial charge in [0.1, 0.15) is 0 Å². The Morgan fingerprint density at radius 3 is 2.41 bits per heavy atom. The number of fused-ring (bicyclic) bond motifs is 2. The van der Waals surface area contributed by atoms with Crippen LogP contribution in [0.2, 0.25) is 0 Å². The molecule has 1 aliphatic carbocycles. The van der Waals surface area contributed by atoms with Crippen molar-refractivity contribution in [3.8, 4) is 11.1 Å². The lowest BCUT2D eigenvalue weighted by Crippen LogP contribution is -2.43. The fourth-order valence-electron chi connectivity index (χ4n) is 8.68. The molecule has 1 spiro atoms. The summed E-state index contributed by atoms with van der Waals surface area (Å²) >= 11 is 0. The Morgan fingerprint density at radius 2 is 1.73 bits per heavy atom. The molecule has 0 unspecified atom stereocenters. The van der Waals surface area contributed by atoms with Crippen LogP contribution in [0.3, 0.4) is 0 Å². The lowest BCUT2D eigenvalue weighted by Gasteiger charge is -2.46. The molecule has 4 aliphatic rings. The summed E-state index contributed by atoms with van der Waals surface area (Å²) < 4.78 is 33.2. The number of carbonyl (C=O) groups is 1. The smallest absolute Gasteiger partial charge is 0.338 e. The molecule has 1 saturated heterocycles. The summed E-state index contributed by atoms with van der Waals surface area (Å²) in [4.78, 5) is 26.6. The van der Waals surface area contributed by atoms with E-state index in [1.807, 2.05) is 6.07 Å². The van der Waals surface area contributed by atoms with Crippen molar-refractivity contribution >= 4 is 23.4 Å². The van der Waals surface area contributed by atoms with Crippen LogP contribution in [0.1, 0.15) is 90.2 Å². The van der Waals surface area contributed by atoms with Gasteiger partial charge >= 0.3 is 5.97 Å². The zero-order chi connectivity index (χ0) is 33.9. The maximum atomic E-state index is 14.6. The molecule has 1 N–H and O–H groups in total. The van der Waals surface area contributed by atoms with E-state index in [0.29, 0.717) is 23.1 Å². The van der Waals surface area contributed by atoms with Gasteiger partial charge in [-0.05, 0) is 87.1 Å². The van der Waals surface area contributed by atoms with Gasteiger partial charge in [-0.2, -0.15) is 10.2 Å². The quantitative estimate of drug-likeness (QED) is 0.257. The van der Waals surface area contributed by atoms with Gasteiger partial charge in [0.15, 0.2) is 5.82 Å². The molecule has 0 radical (unpaired) electrons. The van der Waals surface area contributed by atoms with Crippen LogP contribution in [0.4, 0.5) is 26.2 Å². The van der Waals surface area contributed by atoms with Crippen LogP contribution in [0.15, 0.2) is 36.9 Å². The van der Waals surface area contributed by atoms with E-state index in [0.717, 1.165) is 108 Å². The Hall–Kier alpha value is -4.39. The summed E-state index contributed by atoms with van der Waals surface area (Å²) in [6.07, 6.45) is 12.9. The summed E-state index contributed by atoms with van der Waals surface area (Å²) in [5.41, 5.74) is 6.17. The zero-order valence-corrected chi connectivity index (χ0v) is 28.2. The van der Waals surface area contributed by atoms with E-state index < -0.39 is 12.4 Å². The van der Waals surface area contributed by atoms with E-state index in [1.54, 1.807) is 30.2 Å². The number of piperidine rings is 1. The average molecular weight is 672 g/mol. The van der Waals surface area contributed by atoms with Gasteiger partial charge in [0.2, 0.25) is 5.95 Å². The van der Waals surface area contributed by atoms with Gasteiger partial charge in [-0.15, -0.1) is 0 Å². The first-order valence-electron chi connectivity index (χ1n) is 17.5. The van der Waals surface area contributed by atoms with Gasteiger partial charge < -0.3 is 19.8 Å². The Morgan fingerprint density at radius 1 is 0.980 bits per heavy atom. The van der Waals surface area contributed by atoms with Gasteiger partial charge in [-0.3, -0.25) is 9.36 Å². The molecule has 4 aromatic rings. The average Bonchev–Trinajstić information content (AvgIpc) is 3.71. The van der Waals surface area contributed by atoms with E-state index in [-0.39, 0.29) is 16.5 Å². The molecule has 3 aliphatic heterocycles. The molecule has 0 atom stereocenters. The van der Waals surface area contributed by atoms with E-state index in [1.165, 1.54) is 23.7 Å². The van der Waals surface area contributed by atoms with Gasteiger partial charge in [-0.25, -0.2) is 23.5 Å². The number of alkyl halides is 2. The molecule has 0 amide bonds. The Bertz CT molecular complexity index is 1850. The van der Waals surface area contributed by atoms with Crippen molar-refractivity contribution in [3.05, 3.63) is 64.9 Å². The first-order chi connectivity index (χ1) is 23.7. The summed E-state index contributed by atoms with van der Waals surface area (Å²) in [6.45, 7) is 4.25. The van der Waals surface area contributed by atoms with Gasteiger partial charge in [0.25, 0.3) is 6.43 Å². The van der Waals surface area contributed by atoms with E-state index >= 15 is 0 Å². The second-order valence-electron chi connectivity index (χ2n) is 14.5. The normalized spacial score (nSPS) is 19.8. The van der Waals surface area contributed by atoms with Crippen LogP contribution < -0.4 is 9.80 Å². The van der Waals surface area contributed by atoms with Crippen molar-refractivity contribution in [2.75, 3.05) is 43.0 Å². The summed E-state index contributed by atoms with van der Waals surface area (Å²) in [6, 6.07) is 3.98. The monoisotopic (exact) mass is 671 g/mol. The van der Waals surface area contributed by atoms with Crippen molar-refractivity contribution < 1.29 is 18.7 Å². The minimum atomic E-state index is -2.60. The molecular weight excluding hydrogens is 628 g/mol. The van der Waals surface area contributed by atoms with Crippen molar-refractivity contribution in [1.29, 1.82) is 0 Å². The minimum Gasteiger partial charge on any atom is -0.478 e. The molecule has 0 bridgehead atoms. The molecule has 13 heteroatoms. The molecule has 49 heavy (non-hydrogen) atoms. The number of rotatable bonds is 6. The van der Waals surface area contributed by atoms with Crippen LogP contribution in [0.25, 0.3) is 11.1 Å².